The van der Waals surface area contributed by atoms with Crippen molar-refractivity contribution in [3.8, 4) is 17.2 Å². The van der Waals surface area contributed by atoms with E-state index in [0.717, 1.165) is 48.6 Å². The van der Waals surface area contributed by atoms with Crippen molar-refractivity contribution in [2.24, 2.45) is 10.8 Å². The van der Waals surface area contributed by atoms with Gasteiger partial charge in [-0.3, -0.25) is 4.90 Å². The van der Waals surface area contributed by atoms with Gasteiger partial charge in [-0.05, 0) is 54.0 Å². The summed E-state index contributed by atoms with van der Waals surface area (Å²) in [6.45, 7) is 9.84. The Morgan fingerprint density at radius 3 is 2.30 bits per heavy atom. The first-order valence-electron chi connectivity index (χ1n) is 9.78. The van der Waals surface area contributed by atoms with Crippen molar-refractivity contribution in [3.05, 3.63) is 59.1 Å². The van der Waals surface area contributed by atoms with Crippen LogP contribution in [0.5, 0.6) is 0 Å². The first-order chi connectivity index (χ1) is 12.8. The van der Waals surface area contributed by atoms with E-state index in [1.54, 1.807) is 0 Å². The SMILES string of the molecule is CC(C)(C)C1(CC#N)CCN(Cc2ccc(-c3ccccc3)c(Cl)c2)CC1. The molecule has 0 bridgehead atoms. The summed E-state index contributed by atoms with van der Waals surface area (Å²) in [5, 5.41) is 10.1. The smallest absolute Gasteiger partial charge is 0.0627 e. The van der Waals surface area contributed by atoms with Gasteiger partial charge >= 0.3 is 0 Å². The summed E-state index contributed by atoms with van der Waals surface area (Å²) in [5.41, 5.74) is 3.78. The molecule has 1 fully saturated rings. The Hall–Kier alpha value is -1.82. The van der Waals surface area contributed by atoms with Crippen molar-refractivity contribution in [3.63, 3.8) is 0 Å². The van der Waals surface area contributed by atoms with Crippen LogP contribution in [-0.2, 0) is 6.54 Å². The molecule has 0 aliphatic carbocycles. The molecule has 0 saturated carbocycles. The predicted octanol–water partition coefficient (Wildman–Crippen LogP) is 6.55. The molecule has 1 saturated heterocycles. The fourth-order valence-corrected chi connectivity index (χ4v) is 4.56. The third-order valence-electron chi connectivity index (χ3n) is 6.35. The van der Waals surface area contributed by atoms with Crippen molar-refractivity contribution in [2.45, 2.75) is 46.6 Å². The van der Waals surface area contributed by atoms with Crippen LogP contribution < -0.4 is 0 Å². The van der Waals surface area contributed by atoms with Crippen LogP contribution in [0.25, 0.3) is 11.1 Å². The van der Waals surface area contributed by atoms with Gasteiger partial charge in [-0.15, -0.1) is 0 Å². The summed E-state index contributed by atoms with van der Waals surface area (Å²) in [7, 11) is 0. The highest BCUT2D eigenvalue weighted by Gasteiger charge is 2.43. The van der Waals surface area contributed by atoms with E-state index in [0.29, 0.717) is 6.42 Å². The van der Waals surface area contributed by atoms with Crippen LogP contribution in [0.15, 0.2) is 48.5 Å². The van der Waals surface area contributed by atoms with Crippen LogP contribution in [0.4, 0.5) is 0 Å². The lowest BCUT2D eigenvalue weighted by molar-refractivity contribution is 0.00711. The van der Waals surface area contributed by atoms with Gasteiger partial charge in [-0.2, -0.15) is 5.26 Å². The molecule has 0 N–H and O–H groups in total. The van der Waals surface area contributed by atoms with Crippen molar-refractivity contribution in [1.29, 1.82) is 5.26 Å². The zero-order chi connectivity index (χ0) is 19.5. The Bertz CT molecular complexity index is 807. The Kier molecular flexibility index (Phi) is 5.94. The summed E-state index contributed by atoms with van der Waals surface area (Å²) >= 11 is 6.57. The molecular formula is C24H29ClN2. The Morgan fingerprint density at radius 2 is 1.74 bits per heavy atom. The van der Waals surface area contributed by atoms with E-state index in [-0.39, 0.29) is 10.8 Å². The number of benzene rings is 2. The first kappa shape index (κ1) is 19.9. The second-order valence-corrected chi connectivity index (χ2v) is 9.23. The summed E-state index contributed by atoms with van der Waals surface area (Å²) in [4.78, 5) is 2.50. The van der Waals surface area contributed by atoms with Crippen molar-refractivity contribution >= 4 is 11.6 Å². The van der Waals surface area contributed by atoms with Crippen LogP contribution in [0.3, 0.4) is 0 Å². The molecule has 2 aromatic rings. The topological polar surface area (TPSA) is 27.0 Å². The molecule has 1 heterocycles. The fraction of sp³-hybridized carbons (Fsp3) is 0.458. The molecule has 142 valence electrons. The van der Waals surface area contributed by atoms with Crippen molar-refractivity contribution in [1.82, 2.24) is 4.90 Å². The molecule has 0 amide bonds. The van der Waals surface area contributed by atoms with E-state index in [4.69, 9.17) is 11.6 Å². The normalized spacial score (nSPS) is 17.4. The van der Waals surface area contributed by atoms with E-state index in [1.165, 1.54) is 5.56 Å². The van der Waals surface area contributed by atoms with Crippen LogP contribution in [0.1, 0.15) is 45.6 Å². The van der Waals surface area contributed by atoms with Gasteiger partial charge in [-0.1, -0.05) is 74.8 Å². The second-order valence-electron chi connectivity index (χ2n) is 8.82. The Balaban J connectivity index is 1.67. The highest BCUT2D eigenvalue weighted by atomic mass is 35.5. The maximum atomic E-state index is 9.32. The largest absolute Gasteiger partial charge is 0.299 e. The van der Waals surface area contributed by atoms with Gasteiger partial charge in [0, 0.05) is 23.6 Å². The van der Waals surface area contributed by atoms with Gasteiger partial charge < -0.3 is 0 Å². The summed E-state index contributed by atoms with van der Waals surface area (Å²) in [5.74, 6) is 0. The molecule has 0 spiro atoms. The number of hydrogen-bond donors (Lipinski definition) is 0. The number of rotatable bonds is 4. The highest BCUT2D eigenvalue weighted by molar-refractivity contribution is 6.33. The fourth-order valence-electron chi connectivity index (χ4n) is 4.25. The number of likely N-dealkylation sites (tertiary alicyclic amines) is 1. The molecule has 3 heteroatoms. The quantitative estimate of drug-likeness (QED) is 0.601. The average Bonchev–Trinajstić information content (AvgIpc) is 2.63. The number of nitriles is 1. The van der Waals surface area contributed by atoms with Crippen molar-refractivity contribution in [2.75, 3.05) is 13.1 Å². The lowest BCUT2D eigenvalue weighted by atomic mass is 9.60. The van der Waals surface area contributed by atoms with Gasteiger partial charge in [0.25, 0.3) is 0 Å². The third-order valence-corrected chi connectivity index (χ3v) is 6.66. The van der Waals surface area contributed by atoms with E-state index >= 15 is 0 Å². The van der Waals surface area contributed by atoms with Crippen LogP contribution in [-0.4, -0.2) is 18.0 Å². The zero-order valence-electron chi connectivity index (χ0n) is 16.6. The predicted molar refractivity (Wildman–Crippen MR) is 114 cm³/mol. The van der Waals surface area contributed by atoms with E-state index < -0.39 is 0 Å². The Labute approximate surface area is 168 Å². The van der Waals surface area contributed by atoms with Crippen molar-refractivity contribution < 1.29 is 0 Å². The summed E-state index contributed by atoms with van der Waals surface area (Å²) in [6.07, 6.45) is 2.82. The molecule has 27 heavy (non-hydrogen) atoms. The van der Waals surface area contributed by atoms with E-state index in [2.05, 4.69) is 62.1 Å². The van der Waals surface area contributed by atoms with Gasteiger partial charge in [0.1, 0.15) is 0 Å². The number of nitrogens with zero attached hydrogens (tertiary/aromatic N) is 2. The van der Waals surface area contributed by atoms with Gasteiger partial charge in [0.05, 0.1) is 6.07 Å². The average molecular weight is 381 g/mol. The molecule has 3 rings (SSSR count). The molecule has 1 aliphatic heterocycles. The molecule has 2 nitrogen and oxygen atoms in total. The molecule has 0 aromatic heterocycles. The van der Waals surface area contributed by atoms with E-state index in [9.17, 15) is 5.26 Å². The second kappa shape index (κ2) is 8.05. The maximum Gasteiger partial charge on any atom is 0.0627 e. The first-order valence-corrected chi connectivity index (χ1v) is 10.2. The lowest BCUT2D eigenvalue weighted by Crippen LogP contribution is -2.46. The number of hydrogen-bond acceptors (Lipinski definition) is 2. The van der Waals surface area contributed by atoms with Crippen LogP contribution in [0.2, 0.25) is 5.02 Å². The molecule has 0 unspecified atom stereocenters. The summed E-state index contributed by atoms with van der Waals surface area (Å²) in [6, 6.07) is 19.1. The highest BCUT2D eigenvalue weighted by Crippen LogP contribution is 2.49. The molecule has 0 atom stereocenters. The lowest BCUT2D eigenvalue weighted by Gasteiger charge is -2.49. The van der Waals surface area contributed by atoms with Gasteiger partial charge in [0.15, 0.2) is 0 Å². The van der Waals surface area contributed by atoms with Crippen LogP contribution in [0, 0.1) is 22.2 Å². The minimum absolute atomic E-state index is 0.132. The molecule has 2 aromatic carbocycles. The number of piperidine rings is 1. The van der Waals surface area contributed by atoms with Gasteiger partial charge in [0.2, 0.25) is 0 Å². The zero-order valence-corrected chi connectivity index (χ0v) is 17.4. The summed E-state index contributed by atoms with van der Waals surface area (Å²) < 4.78 is 0. The maximum absolute atomic E-state index is 9.32. The standard InChI is InChI=1S/C24H29ClN2/c1-23(2,3)24(11-14-26)12-15-27(16-13-24)18-19-9-10-21(22(25)17-19)20-7-5-4-6-8-20/h4-10,17H,11-13,15-16,18H2,1-3H3. The minimum atomic E-state index is 0.132. The van der Waals surface area contributed by atoms with Crippen LogP contribution >= 0.6 is 11.6 Å². The molecular weight excluding hydrogens is 352 g/mol. The monoisotopic (exact) mass is 380 g/mol. The Morgan fingerprint density at radius 1 is 1.07 bits per heavy atom. The minimum Gasteiger partial charge on any atom is -0.299 e. The van der Waals surface area contributed by atoms with E-state index in [1.807, 2.05) is 18.2 Å². The number of halogens is 1. The van der Waals surface area contributed by atoms with Gasteiger partial charge in [-0.25, -0.2) is 0 Å². The molecule has 1 aliphatic rings. The third kappa shape index (κ3) is 4.37. The molecule has 0 radical (unpaired) electrons.